The fourth-order valence-electron chi connectivity index (χ4n) is 2.04. The number of aryl methyl sites for hydroxylation is 1. The van der Waals surface area contributed by atoms with Crippen LogP contribution in [0.5, 0.6) is 0 Å². The van der Waals surface area contributed by atoms with Gasteiger partial charge in [-0.05, 0) is 25.8 Å². The van der Waals surface area contributed by atoms with Crippen molar-refractivity contribution in [2.45, 2.75) is 38.8 Å². The van der Waals surface area contributed by atoms with Crippen LogP contribution in [-0.4, -0.2) is 34.7 Å². The molecule has 1 aromatic rings. The Bertz CT molecular complexity index is 334. The summed E-state index contributed by atoms with van der Waals surface area (Å²) < 4.78 is 5.49. The van der Waals surface area contributed by atoms with Crippen molar-refractivity contribution in [1.29, 1.82) is 0 Å². The molecular formula is C11H20N4O. The highest BCUT2D eigenvalue weighted by molar-refractivity contribution is 4.90. The molecule has 0 amide bonds. The molecule has 1 aliphatic rings. The van der Waals surface area contributed by atoms with Gasteiger partial charge in [0.25, 0.3) is 0 Å². The van der Waals surface area contributed by atoms with Gasteiger partial charge < -0.3 is 10.2 Å². The molecule has 1 aliphatic carbocycles. The van der Waals surface area contributed by atoms with Crippen molar-refractivity contribution in [3.05, 3.63) is 11.8 Å². The first-order valence-electron chi connectivity index (χ1n) is 5.96. The van der Waals surface area contributed by atoms with Gasteiger partial charge in [-0.15, -0.1) is 10.2 Å². The lowest BCUT2D eigenvalue weighted by molar-refractivity contribution is 0.195. The molecule has 1 saturated carbocycles. The molecule has 2 rings (SSSR count). The topological polar surface area (TPSA) is 68.2 Å². The molecule has 0 saturated heterocycles. The van der Waals surface area contributed by atoms with Crippen molar-refractivity contribution in [2.75, 3.05) is 13.6 Å². The first kappa shape index (κ1) is 11.5. The monoisotopic (exact) mass is 224 g/mol. The average molecular weight is 224 g/mol. The normalized spacial score (nSPS) is 18.0. The maximum atomic E-state index is 5.79. The van der Waals surface area contributed by atoms with Crippen LogP contribution in [0.3, 0.4) is 0 Å². The van der Waals surface area contributed by atoms with Crippen LogP contribution < -0.4 is 5.73 Å². The minimum Gasteiger partial charge on any atom is -0.424 e. The van der Waals surface area contributed by atoms with Crippen LogP contribution in [-0.2, 0) is 13.0 Å². The molecule has 0 aromatic carbocycles. The number of hydrogen-bond donors (Lipinski definition) is 1. The molecule has 90 valence electrons. The number of likely N-dealkylation sites (N-methyl/N-ethyl adjacent to an activating group) is 1. The van der Waals surface area contributed by atoms with Crippen LogP contribution in [0, 0.1) is 5.92 Å². The largest absolute Gasteiger partial charge is 0.424 e. The summed E-state index contributed by atoms with van der Waals surface area (Å²) in [6.45, 7) is 3.41. The zero-order chi connectivity index (χ0) is 11.5. The average Bonchev–Trinajstić information content (AvgIpc) is 2.99. The van der Waals surface area contributed by atoms with Crippen LogP contribution in [0.1, 0.15) is 31.5 Å². The number of nitrogens with two attached hydrogens (primary N) is 1. The van der Waals surface area contributed by atoms with Gasteiger partial charge >= 0.3 is 0 Å². The Labute approximate surface area is 96.0 Å². The zero-order valence-electron chi connectivity index (χ0n) is 10.0. The van der Waals surface area contributed by atoms with Crippen LogP contribution in [0.4, 0.5) is 0 Å². The van der Waals surface area contributed by atoms with Gasteiger partial charge in [-0.2, -0.15) is 0 Å². The van der Waals surface area contributed by atoms with Crippen molar-refractivity contribution < 1.29 is 4.42 Å². The molecule has 16 heavy (non-hydrogen) atoms. The highest BCUT2D eigenvalue weighted by atomic mass is 16.4. The van der Waals surface area contributed by atoms with E-state index in [1.54, 1.807) is 0 Å². The highest BCUT2D eigenvalue weighted by Crippen LogP contribution is 2.34. The summed E-state index contributed by atoms with van der Waals surface area (Å²) in [5.41, 5.74) is 5.79. The maximum absolute atomic E-state index is 5.79. The summed E-state index contributed by atoms with van der Waals surface area (Å²) in [4.78, 5) is 2.23. The minimum absolute atomic E-state index is 0.456. The number of aromatic nitrogens is 2. The first-order valence-corrected chi connectivity index (χ1v) is 5.96. The van der Waals surface area contributed by atoms with E-state index in [0.717, 1.165) is 12.3 Å². The molecule has 0 spiro atoms. The predicted molar refractivity (Wildman–Crippen MR) is 60.7 cm³/mol. The Morgan fingerprint density at radius 1 is 1.44 bits per heavy atom. The van der Waals surface area contributed by atoms with Gasteiger partial charge in [0.05, 0.1) is 6.54 Å². The van der Waals surface area contributed by atoms with Gasteiger partial charge in [-0.25, -0.2) is 0 Å². The van der Waals surface area contributed by atoms with Crippen molar-refractivity contribution >= 4 is 0 Å². The number of hydrogen-bond acceptors (Lipinski definition) is 5. The smallest absolute Gasteiger partial charge is 0.230 e. The molecule has 0 radical (unpaired) electrons. The summed E-state index contributed by atoms with van der Waals surface area (Å²) in [6.07, 6.45) is 3.39. The molecule has 1 unspecified atom stereocenters. The molecule has 1 atom stereocenters. The van der Waals surface area contributed by atoms with Crippen molar-refractivity contribution in [1.82, 2.24) is 15.1 Å². The standard InChI is InChI=1S/C11H20N4O/c1-3-10-13-14-11(16-10)7-15(2)9(6-12)8-4-5-8/h8-9H,3-7,12H2,1-2H3. The first-order chi connectivity index (χ1) is 7.74. The van der Waals surface area contributed by atoms with Crippen LogP contribution in [0.2, 0.25) is 0 Å². The number of rotatable bonds is 6. The predicted octanol–water partition coefficient (Wildman–Crippen LogP) is 0.801. The van der Waals surface area contributed by atoms with Gasteiger partial charge in [-0.1, -0.05) is 6.92 Å². The zero-order valence-corrected chi connectivity index (χ0v) is 10.0. The highest BCUT2D eigenvalue weighted by Gasteiger charge is 2.33. The van der Waals surface area contributed by atoms with Crippen LogP contribution in [0.15, 0.2) is 4.42 Å². The van der Waals surface area contributed by atoms with Crippen molar-refractivity contribution in [2.24, 2.45) is 11.7 Å². The van der Waals surface area contributed by atoms with Crippen LogP contribution >= 0.6 is 0 Å². The van der Waals surface area contributed by atoms with Gasteiger partial charge in [0, 0.05) is 19.0 Å². The lowest BCUT2D eigenvalue weighted by atomic mass is 10.1. The summed E-state index contributed by atoms with van der Waals surface area (Å²) in [5.74, 6) is 2.17. The third kappa shape index (κ3) is 2.59. The minimum atomic E-state index is 0.456. The molecule has 5 heteroatoms. The molecule has 0 bridgehead atoms. The van der Waals surface area contributed by atoms with Crippen molar-refractivity contribution in [3.63, 3.8) is 0 Å². The van der Waals surface area contributed by atoms with E-state index in [0.29, 0.717) is 30.9 Å². The van der Waals surface area contributed by atoms with E-state index in [9.17, 15) is 0 Å². The van der Waals surface area contributed by atoms with E-state index >= 15 is 0 Å². The summed E-state index contributed by atoms with van der Waals surface area (Å²) >= 11 is 0. The molecular weight excluding hydrogens is 204 g/mol. The Kier molecular flexibility index (Phi) is 3.56. The Hall–Kier alpha value is -0.940. The fourth-order valence-corrected chi connectivity index (χ4v) is 2.04. The number of nitrogens with zero attached hydrogens (tertiary/aromatic N) is 3. The SMILES string of the molecule is CCc1nnc(CN(C)C(CN)C2CC2)o1. The van der Waals surface area contributed by atoms with E-state index < -0.39 is 0 Å². The lowest BCUT2D eigenvalue weighted by Gasteiger charge is -2.25. The van der Waals surface area contributed by atoms with Gasteiger partial charge in [0.1, 0.15) is 0 Å². The second kappa shape index (κ2) is 4.93. The quantitative estimate of drug-likeness (QED) is 0.774. The molecule has 2 N–H and O–H groups in total. The molecule has 1 fully saturated rings. The molecule has 1 aromatic heterocycles. The molecule has 0 aliphatic heterocycles. The molecule has 1 heterocycles. The summed E-state index contributed by atoms with van der Waals surface area (Å²) in [6, 6.07) is 0.456. The second-order valence-electron chi connectivity index (χ2n) is 4.50. The Balaban J connectivity index is 1.92. The van der Waals surface area contributed by atoms with Gasteiger partial charge in [0.15, 0.2) is 0 Å². The third-order valence-corrected chi connectivity index (χ3v) is 3.17. The Morgan fingerprint density at radius 2 is 2.12 bits per heavy atom. The van der Waals surface area contributed by atoms with E-state index in [4.69, 9.17) is 10.2 Å². The maximum Gasteiger partial charge on any atom is 0.230 e. The van der Waals surface area contributed by atoms with E-state index in [-0.39, 0.29) is 0 Å². The summed E-state index contributed by atoms with van der Waals surface area (Å²) in [7, 11) is 2.08. The summed E-state index contributed by atoms with van der Waals surface area (Å²) in [5, 5.41) is 7.98. The second-order valence-corrected chi connectivity index (χ2v) is 4.50. The van der Waals surface area contributed by atoms with E-state index in [2.05, 4.69) is 22.1 Å². The van der Waals surface area contributed by atoms with Gasteiger partial charge in [0.2, 0.25) is 11.8 Å². The van der Waals surface area contributed by atoms with E-state index in [1.165, 1.54) is 12.8 Å². The third-order valence-electron chi connectivity index (χ3n) is 3.17. The van der Waals surface area contributed by atoms with Crippen LogP contribution in [0.25, 0.3) is 0 Å². The Morgan fingerprint density at radius 3 is 2.62 bits per heavy atom. The lowest BCUT2D eigenvalue weighted by Crippen LogP contribution is -2.39. The molecule has 5 nitrogen and oxygen atoms in total. The fraction of sp³-hybridized carbons (Fsp3) is 0.818. The van der Waals surface area contributed by atoms with Gasteiger partial charge in [-0.3, -0.25) is 4.90 Å². The van der Waals surface area contributed by atoms with E-state index in [1.807, 2.05) is 6.92 Å². The van der Waals surface area contributed by atoms with Crippen molar-refractivity contribution in [3.8, 4) is 0 Å².